The molecule has 1 amide bonds. The van der Waals surface area contributed by atoms with E-state index in [1.807, 2.05) is 6.08 Å². The van der Waals surface area contributed by atoms with Crippen LogP contribution in [-0.2, 0) is 23.7 Å². The van der Waals surface area contributed by atoms with E-state index in [0.29, 0.717) is 12.8 Å². The summed E-state index contributed by atoms with van der Waals surface area (Å²) in [6.07, 6.45) is 46.6. The second kappa shape index (κ2) is 51.9. The molecule has 0 aliphatic carbocycles. The number of aliphatic hydroxyl groups is 8. The van der Waals surface area contributed by atoms with Crippen molar-refractivity contribution in [2.75, 3.05) is 19.8 Å². The Morgan fingerprint density at radius 3 is 1.23 bits per heavy atom. The zero-order valence-electron chi connectivity index (χ0n) is 51.1. The lowest BCUT2D eigenvalue weighted by Gasteiger charge is -2.46. The second-order valence-electron chi connectivity index (χ2n) is 24.0. The van der Waals surface area contributed by atoms with Gasteiger partial charge in [-0.15, -0.1) is 0 Å². The van der Waals surface area contributed by atoms with Crippen LogP contribution in [-0.4, -0.2) is 140 Å². The van der Waals surface area contributed by atoms with E-state index in [9.17, 15) is 45.6 Å². The molecule has 2 aliphatic heterocycles. The van der Waals surface area contributed by atoms with E-state index in [2.05, 4.69) is 31.3 Å². The summed E-state index contributed by atoms with van der Waals surface area (Å²) in [6, 6.07) is -0.928. The molecule has 2 aliphatic rings. The smallest absolute Gasteiger partial charge is 0.220 e. The first-order valence-corrected chi connectivity index (χ1v) is 33.6. The Morgan fingerprint density at radius 1 is 0.438 bits per heavy atom. The third kappa shape index (κ3) is 36.3. The molecule has 0 saturated carbocycles. The van der Waals surface area contributed by atoms with Crippen LogP contribution in [0, 0.1) is 0 Å². The first-order chi connectivity index (χ1) is 39.1. The quantitative estimate of drug-likeness (QED) is 0.0204. The largest absolute Gasteiger partial charge is 0.394 e. The van der Waals surface area contributed by atoms with Gasteiger partial charge in [0.1, 0.15) is 48.8 Å². The van der Waals surface area contributed by atoms with Gasteiger partial charge in [-0.2, -0.15) is 0 Å². The van der Waals surface area contributed by atoms with Gasteiger partial charge in [-0.25, -0.2) is 0 Å². The maximum Gasteiger partial charge on any atom is 0.220 e. The van der Waals surface area contributed by atoms with E-state index in [0.717, 1.165) is 32.1 Å². The highest BCUT2D eigenvalue weighted by atomic mass is 16.7. The van der Waals surface area contributed by atoms with Crippen molar-refractivity contribution in [2.45, 2.75) is 370 Å². The van der Waals surface area contributed by atoms with Crippen molar-refractivity contribution in [3.8, 4) is 0 Å². The molecule has 0 aromatic rings. The topological polar surface area (TPSA) is 228 Å². The van der Waals surface area contributed by atoms with Crippen LogP contribution in [0.3, 0.4) is 0 Å². The zero-order valence-corrected chi connectivity index (χ0v) is 51.1. The number of ether oxygens (including phenoxy) is 4. The fourth-order valence-corrected chi connectivity index (χ4v) is 11.3. The standard InChI is InChI=1S/C66H125NO13/c1-3-5-7-9-11-13-15-17-19-21-23-25-26-27-28-29-30-32-34-36-38-40-42-44-46-48-50-58(71)67-54(55(70)49-47-45-43-41-39-37-35-33-31-24-22-20-18-16-14-12-10-8-6-4-2)53-77-65-63(76)61(74)64(57(52-69)79-65)80-66-62(75)60(73)59(72)56(51-68)78-66/h39,41,47,49,54-57,59-66,68-70,72-76H,3-38,40,42-46,48,50-53H2,1-2H3,(H,67,71)/b41-39+,49-47+. The van der Waals surface area contributed by atoms with Crippen molar-refractivity contribution < 1.29 is 64.6 Å². The number of carbonyl (C=O) groups is 1. The molecule has 0 aromatic carbocycles. The molecule has 472 valence electrons. The molecule has 9 N–H and O–H groups in total. The molecule has 0 aromatic heterocycles. The molecule has 0 spiro atoms. The fourth-order valence-electron chi connectivity index (χ4n) is 11.3. The summed E-state index contributed by atoms with van der Waals surface area (Å²) in [5.41, 5.74) is 0. The lowest BCUT2D eigenvalue weighted by Crippen LogP contribution is -2.65. The van der Waals surface area contributed by atoms with Gasteiger partial charge in [-0.3, -0.25) is 4.79 Å². The van der Waals surface area contributed by atoms with Crippen LogP contribution in [0.1, 0.15) is 296 Å². The molecule has 2 saturated heterocycles. The van der Waals surface area contributed by atoms with Crippen LogP contribution < -0.4 is 5.32 Å². The molecule has 2 fully saturated rings. The van der Waals surface area contributed by atoms with Crippen LogP contribution in [0.4, 0.5) is 0 Å². The molecule has 14 heteroatoms. The summed E-state index contributed by atoms with van der Waals surface area (Å²) in [4.78, 5) is 13.3. The van der Waals surface area contributed by atoms with Crippen LogP contribution >= 0.6 is 0 Å². The molecule has 12 atom stereocenters. The Morgan fingerprint density at radius 2 is 0.800 bits per heavy atom. The van der Waals surface area contributed by atoms with E-state index in [-0.39, 0.29) is 18.9 Å². The third-order valence-electron chi connectivity index (χ3n) is 16.6. The van der Waals surface area contributed by atoms with Crippen molar-refractivity contribution in [3.63, 3.8) is 0 Å². The molecule has 0 bridgehead atoms. The number of hydrogen-bond donors (Lipinski definition) is 9. The highest BCUT2D eigenvalue weighted by molar-refractivity contribution is 5.76. The van der Waals surface area contributed by atoms with Gasteiger partial charge in [-0.05, 0) is 32.1 Å². The average Bonchev–Trinajstić information content (AvgIpc) is 3.46. The van der Waals surface area contributed by atoms with Crippen molar-refractivity contribution in [1.82, 2.24) is 5.32 Å². The number of amides is 1. The highest BCUT2D eigenvalue weighted by Gasteiger charge is 2.51. The zero-order chi connectivity index (χ0) is 58.1. The van der Waals surface area contributed by atoms with Gasteiger partial charge in [0.15, 0.2) is 12.6 Å². The minimum absolute atomic E-state index is 0.242. The fraction of sp³-hybridized carbons (Fsp3) is 0.924. The first kappa shape index (κ1) is 74.6. The van der Waals surface area contributed by atoms with E-state index < -0.39 is 86.8 Å². The van der Waals surface area contributed by atoms with Gasteiger partial charge in [0.2, 0.25) is 5.91 Å². The maximum absolute atomic E-state index is 13.3. The predicted octanol–water partition coefficient (Wildman–Crippen LogP) is 12.8. The minimum Gasteiger partial charge on any atom is -0.394 e. The Labute approximate surface area is 488 Å². The summed E-state index contributed by atoms with van der Waals surface area (Å²) >= 11 is 0. The van der Waals surface area contributed by atoms with Crippen molar-refractivity contribution in [3.05, 3.63) is 24.3 Å². The van der Waals surface area contributed by atoms with Crippen molar-refractivity contribution in [2.24, 2.45) is 0 Å². The van der Waals surface area contributed by atoms with Gasteiger partial charge < -0.3 is 65.1 Å². The predicted molar refractivity (Wildman–Crippen MR) is 323 cm³/mol. The normalized spacial score (nSPS) is 24.3. The monoisotopic (exact) mass is 1140 g/mol. The van der Waals surface area contributed by atoms with Crippen molar-refractivity contribution >= 4 is 5.91 Å². The number of aliphatic hydroxyl groups excluding tert-OH is 8. The first-order valence-electron chi connectivity index (χ1n) is 33.6. The number of rotatable bonds is 55. The van der Waals surface area contributed by atoms with Gasteiger partial charge in [0, 0.05) is 6.42 Å². The summed E-state index contributed by atoms with van der Waals surface area (Å²) in [5.74, 6) is -0.242. The second-order valence-corrected chi connectivity index (χ2v) is 24.0. The lowest BCUT2D eigenvalue weighted by atomic mass is 9.97. The number of unbranched alkanes of at least 4 members (excludes halogenated alkanes) is 40. The van der Waals surface area contributed by atoms with Gasteiger partial charge >= 0.3 is 0 Å². The molecule has 14 nitrogen and oxygen atoms in total. The SMILES string of the molecule is CCCCCCCCCCCCCCCC/C=C/CC/C=C/C(O)C(COC1OC(CO)C(OC2OC(CO)C(O)C(O)C2O)C(O)C1O)NC(=O)CCCCCCCCCCCCCCCCCCCCCCCCCCCC. The maximum atomic E-state index is 13.3. The molecular weight excluding hydrogens is 1010 g/mol. The summed E-state index contributed by atoms with van der Waals surface area (Å²) in [6.45, 7) is 2.83. The number of carbonyl (C=O) groups excluding carboxylic acids is 1. The number of hydrogen-bond acceptors (Lipinski definition) is 13. The minimum atomic E-state index is -1.79. The van der Waals surface area contributed by atoms with Crippen LogP contribution in [0.25, 0.3) is 0 Å². The average molecular weight is 1140 g/mol. The van der Waals surface area contributed by atoms with E-state index in [1.165, 1.54) is 231 Å². The summed E-state index contributed by atoms with van der Waals surface area (Å²) < 4.78 is 22.8. The lowest BCUT2D eigenvalue weighted by molar-refractivity contribution is -0.359. The van der Waals surface area contributed by atoms with Crippen LogP contribution in [0.15, 0.2) is 24.3 Å². The molecular formula is C66H125NO13. The molecule has 2 rings (SSSR count). The van der Waals surface area contributed by atoms with Crippen LogP contribution in [0.2, 0.25) is 0 Å². The van der Waals surface area contributed by atoms with Crippen molar-refractivity contribution in [1.29, 1.82) is 0 Å². The van der Waals surface area contributed by atoms with Gasteiger partial charge in [0.05, 0.1) is 32.0 Å². The number of nitrogens with one attached hydrogen (secondary N) is 1. The summed E-state index contributed by atoms with van der Waals surface area (Å²) in [7, 11) is 0. The Balaban J connectivity index is 1.71. The number of allylic oxidation sites excluding steroid dienone is 3. The highest BCUT2D eigenvalue weighted by Crippen LogP contribution is 2.30. The molecule has 0 radical (unpaired) electrons. The molecule has 12 unspecified atom stereocenters. The van der Waals surface area contributed by atoms with E-state index in [1.54, 1.807) is 6.08 Å². The summed E-state index contributed by atoms with van der Waals surface area (Å²) in [5, 5.41) is 87.3. The molecule has 2 heterocycles. The Hall–Kier alpha value is -1.53. The van der Waals surface area contributed by atoms with Gasteiger partial charge in [-0.1, -0.05) is 282 Å². The van der Waals surface area contributed by atoms with E-state index in [4.69, 9.17) is 18.9 Å². The van der Waals surface area contributed by atoms with Crippen LogP contribution in [0.5, 0.6) is 0 Å². The van der Waals surface area contributed by atoms with Gasteiger partial charge in [0.25, 0.3) is 0 Å². The Kier molecular flexibility index (Phi) is 48.3. The Bertz CT molecular complexity index is 1440. The molecule has 80 heavy (non-hydrogen) atoms. The third-order valence-corrected chi connectivity index (χ3v) is 16.6. The van der Waals surface area contributed by atoms with E-state index >= 15 is 0 Å².